The monoisotopic (exact) mass is 703 g/mol. The number of hydrogen-bond donors (Lipinski definition) is 3. The highest BCUT2D eigenvalue weighted by molar-refractivity contribution is 8.00. The number of fused-ring (bicyclic) bond motifs is 2. The van der Waals surface area contributed by atoms with Crippen molar-refractivity contribution in [1.29, 1.82) is 0 Å². The van der Waals surface area contributed by atoms with Crippen molar-refractivity contribution >= 4 is 58.5 Å². The van der Waals surface area contributed by atoms with Gasteiger partial charge in [-0.15, -0.1) is 11.8 Å². The fraction of sp³-hybridized carbons (Fsp3) is 0.0238. The minimum Gasteiger partial charge on any atom is -0.465 e. The van der Waals surface area contributed by atoms with Gasteiger partial charge >= 0.3 is 0 Å². The quantitative estimate of drug-likeness (QED) is 0.0973. The van der Waals surface area contributed by atoms with E-state index in [0.717, 1.165) is 10.5 Å². The first-order valence-corrected chi connectivity index (χ1v) is 17.1. The molecule has 9 nitrogen and oxygen atoms in total. The van der Waals surface area contributed by atoms with Gasteiger partial charge < -0.3 is 20.4 Å². The van der Waals surface area contributed by atoms with Crippen molar-refractivity contribution in [2.75, 3.05) is 10.6 Å². The van der Waals surface area contributed by atoms with Gasteiger partial charge in [0, 0.05) is 38.9 Å². The van der Waals surface area contributed by atoms with Gasteiger partial charge in [0.05, 0.1) is 17.5 Å². The normalized spacial score (nSPS) is 12.7. The number of rotatable bonds is 10. The number of carbonyl (C=O) groups excluding carboxylic acids is 5. The van der Waals surface area contributed by atoms with Crippen molar-refractivity contribution in [2.24, 2.45) is 0 Å². The lowest BCUT2D eigenvalue weighted by Gasteiger charge is -2.22. The zero-order valence-corrected chi connectivity index (χ0v) is 28.2. The van der Waals surface area contributed by atoms with Gasteiger partial charge in [0.1, 0.15) is 16.7 Å². The van der Waals surface area contributed by atoms with Crippen LogP contribution in [-0.4, -0.2) is 29.3 Å². The Bertz CT molecular complexity index is 2340. The maximum atomic E-state index is 14.0. The molecule has 10 heteroatoms. The molecule has 0 fully saturated rings. The summed E-state index contributed by atoms with van der Waals surface area (Å²) in [4.78, 5) is 67.9. The molecule has 0 saturated heterocycles. The molecule has 5 aromatic carbocycles. The van der Waals surface area contributed by atoms with E-state index >= 15 is 0 Å². The Kier molecular flexibility index (Phi) is 9.72. The third kappa shape index (κ3) is 7.23. The van der Waals surface area contributed by atoms with E-state index in [1.54, 1.807) is 109 Å². The van der Waals surface area contributed by atoms with E-state index in [0.29, 0.717) is 28.1 Å². The second kappa shape index (κ2) is 15.0. The van der Waals surface area contributed by atoms with Gasteiger partial charge in [-0.05, 0) is 60.2 Å². The predicted molar refractivity (Wildman–Crippen MR) is 199 cm³/mol. The first kappa shape index (κ1) is 33.7. The summed E-state index contributed by atoms with van der Waals surface area (Å²) in [5, 5.41) is 7.67. The maximum Gasteiger partial charge on any atom is 0.272 e. The highest BCUT2D eigenvalue weighted by atomic mass is 32.2. The van der Waals surface area contributed by atoms with E-state index in [9.17, 15) is 24.0 Å². The molecule has 52 heavy (non-hydrogen) atoms. The van der Waals surface area contributed by atoms with E-state index in [4.69, 9.17) is 4.42 Å². The highest BCUT2D eigenvalue weighted by Gasteiger charge is 2.32. The van der Waals surface area contributed by atoms with E-state index in [1.807, 2.05) is 30.3 Å². The Balaban J connectivity index is 1.09. The van der Waals surface area contributed by atoms with Crippen molar-refractivity contribution in [1.82, 2.24) is 5.32 Å². The van der Waals surface area contributed by atoms with Gasteiger partial charge in [-0.1, -0.05) is 84.9 Å². The molecule has 0 saturated carbocycles. The predicted octanol–water partition coefficient (Wildman–Crippen LogP) is 7.94. The van der Waals surface area contributed by atoms with Crippen LogP contribution >= 0.6 is 11.8 Å². The molecule has 0 aliphatic heterocycles. The van der Waals surface area contributed by atoms with Gasteiger partial charge in [0.2, 0.25) is 5.91 Å². The molecular weight excluding hydrogens is 675 g/mol. The fourth-order valence-corrected chi connectivity index (χ4v) is 6.78. The number of nitrogens with one attached hydrogen (secondary N) is 3. The molecule has 7 rings (SSSR count). The number of amides is 3. The molecule has 3 amide bonds. The van der Waals surface area contributed by atoms with Crippen LogP contribution in [0, 0.1) is 0 Å². The number of ketones is 2. The Hall–Kier alpha value is -6.78. The van der Waals surface area contributed by atoms with Crippen molar-refractivity contribution < 1.29 is 28.4 Å². The van der Waals surface area contributed by atoms with Crippen molar-refractivity contribution in [3.8, 4) is 0 Å². The lowest BCUT2D eigenvalue weighted by atomic mass is 9.83. The number of anilines is 2. The molecule has 3 N–H and O–H groups in total. The van der Waals surface area contributed by atoms with E-state index in [2.05, 4.69) is 16.0 Å². The topological polar surface area (TPSA) is 135 Å². The summed E-state index contributed by atoms with van der Waals surface area (Å²) in [6, 6.07) is 39.5. The Morgan fingerprint density at radius 2 is 1.29 bits per heavy atom. The number of carbonyl (C=O) groups is 5. The number of hydrogen-bond acceptors (Lipinski definition) is 7. The second-order valence-corrected chi connectivity index (χ2v) is 12.9. The van der Waals surface area contributed by atoms with Gasteiger partial charge in [-0.2, -0.15) is 0 Å². The Morgan fingerprint density at radius 3 is 1.98 bits per heavy atom. The Labute approximate surface area is 302 Å². The second-order valence-electron chi connectivity index (χ2n) is 11.7. The van der Waals surface area contributed by atoms with Crippen LogP contribution in [0.5, 0.6) is 0 Å². The average molecular weight is 704 g/mol. The molecule has 254 valence electrons. The molecule has 0 bridgehead atoms. The fourth-order valence-electron chi connectivity index (χ4n) is 5.76. The van der Waals surface area contributed by atoms with E-state index in [-0.39, 0.29) is 40.0 Å². The molecule has 6 aromatic rings. The van der Waals surface area contributed by atoms with Crippen LogP contribution in [0.15, 0.2) is 161 Å². The first-order valence-electron chi connectivity index (χ1n) is 16.2. The number of furan rings is 1. The highest BCUT2D eigenvalue weighted by Crippen LogP contribution is 2.38. The lowest BCUT2D eigenvalue weighted by molar-refractivity contribution is -0.116. The zero-order chi connectivity index (χ0) is 36.0. The minimum atomic E-state index is -0.741. The van der Waals surface area contributed by atoms with Crippen LogP contribution in [0.2, 0.25) is 0 Å². The standard InChI is InChI=1S/C42H29N3O6S/c46-37-31-16-7-8-17-32(31)38(47)36-33(37)18-9-19-34(36)44-42(50)39(26-11-3-1-4-12-26)52-30-22-20-28(21-23-30)43-41(49)35(25-29-15-10-24-51-29)45-40(48)27-13-5-2-6-14-27/h1-25,39H,(H,43,49)(H,44,50)(H,45,48)/b35-25-. The summed E-state index contributed by atoms with van der Waals surface area (Å²) in [6.07, 6.45) is 2.91. The molecule has 1 unspecified atom stereocenters. The van der Waals surface area contributed by atoms with Crippen LogP contribution < -0.4 is 16.0 Å². The third-order valence-electron chi connectivity index (χ3n) is 8.28. The molecule has 0 spiro atoms. The van der Waals surface area contributed by atoms with Gasteiger partial charge in [-0.25, -0.2) is 0 Å². The van der Waals surface area contributed by atoms with Crippen LogP contribution in [0.25, 0.3) is 6.08 Å². The maximum absolute atomic E-state index is 14.0. The molecule has 1 aromatic heterocycles. The number of benzene rings is 5. The van der Waals surface area contributed by atoms with E-state index < -0.39 is 17.1 Å². The lowest BCUT2D eigenvalue weighted by Crippen LogP contribution is -2.30. The van der Waals surface area contributed by atoms with Crippen LogP contribution in [0.3, 0.4) is 0 Å². The summed E-state index contributed by atoms with van der Waals surface area (Å²) < 4.78 is 5.37. The van der Waals surface area contributed by atoms with E-state index in [1.165, 1.54) is 24.1 Å². The van der Waals surface area contributed by atoms with Crippen LogP contribution in [0.4, 0.5) is 11.4 Å². The number of thioether (sulfide) groups is 1. The molecule has 0 radical (unpaired) electrons. The molecular formula is C42H29N3O6S. The van der Waals surface area contributed by atoms with Crippen LogP contribution in [0.1, 0.15) is 58.8 Å². The molecule has 1 aliphatic rings. The average Bonchev–Trinajstić information content (AvgIpc) is 3.70. The summed E-state index contributed by atoms with van der Waals surface area (Å²) in [5.41, 5.74) is 2.84. The summed E-state index contributed by atoms with van der Waals surface area (Å²) >= 11 is 1.28. The Morgan fingerprint density at radius 1 is 0.635 bits per heavy atom. The first-order chi connectivity index (χ1) is 25.4. The molecule has 1 atom stereocenters. The van der Waals surface area contributed by atoms with Crippen LogP contribution in [-0.2, 0) is 9.59 Å². The smallest absolute Gasteiger partial charge is 0.272 e. The molecule has 1 aliphatic carbocycles. The van der Waals surface area contributed by atoms with Crippen molar-refractivity contribution in [2.45, 2.75) is 10.1 Å². The van der Waals surface area contributed by atoms with Gasteiger partial charge in [0.15, 0.2) is 11.6 Å². The SMILES string of the molecule is O=C(Nc1ccc(SC(C(=O)Nc2cccc3c2C(=O)c2ccccc2C3=O)c2ccccc2)cc1)/C(=C/c1ccco1)NC(=O)c1ccccc1. The summed E-state index contributed by atoms with van der Waals surface area (Å²) in [5.74, 6) is -1.63. The van der Waals surface area contributed by atoms with Crippen molar-refractivity contribution in [3.63, 3.8) is 0 Å². The van der Waals surface area contributed by atoms with Crippen molar-refractivity contribution in [3.05, 3.63) is 191 Å². The summed E-state index contributed by atoms with van der Waals surface area (Å²) in [6.45, 7) is 0. The minimum absolute atomic E-state index is 0.0187. The van der Waals surface area contributed by atoms with Gasteiger partial charge in [0.25, 0.3) is 11.8 Å². The third-order valence-corrected chi connectivity index (χ3v) is 9.54. The zero-order valence-electron chi connectivity index (χ0n) is 27.4. The van der Waals surface area contributed by atoms with Gasteiger partial charge in [-0.3, -0.25) is 24.0 Å². The molecule has 1 heterocycles. The largest absolute Gasteiger partial charge is 0.465 e. The summed E-state index contributed by atoms with van der Waals surface area (Å²) in [7, 11) is 0.